The number of amides is 1. The van der Waals surface area contributed by atoms with Gasteiger partial charge in [0.1, 0.15) is 0 Å². The molecule has 0 aliphatic carbocycles. The number of rotatable bonds is 4. The number of benzene rings is 3. The zero-order valence-electron chi connectivity index (χ0n) is 16.0. The molecular formula is C24H19N5O. The standard InChI is InChI=1S/C24H19N5O/c25-17-8-11-20-19(12-17)22(24(30)29-20)23(16-4-2-1-3-5-16)28-18-9-6-15(7-10-18)21-13-26-14-27-21/h1-14,28H,25H2,(H,26,27)(H,29,30). The number of fused-ring (bicyclic) bond motifs is 1. The third-order valence-electron chi connectivity index (χ3n) is 5.05. The Morgan fingerprint density at radius 2 is 1.77 bits per heavy atom. The molecule has 146 valence electrons. The number of carbonyl (C=O) groups excluding carboxylic acids is 1. The molecule has 3 aromatic carbocycles. The summed E-state index contributed by atoms with van der Waals surface area (Å²) in [6.45, 7) is 0. The third kappa shape index (κ3) is 3.20. The molecule has 6 heteroatoms. The highest BCUT2D eigenvalue weighted by Crippen LogP contribution is 2.38. The van der Waals surface area contributed by atoms with Crippen LogP contribution >= 0.6 is 0 Å². The van der Waals surface area contributed by atoms with Crippen LogP contribution in [0.15, 0.2) is 85.3 Å². The van der Waals surface area contributed by atoms with Crippen LogP contribution in [-0.2, 0) is 4.79 Å². The molecule has 0 radical (unpaired) electrons. The second kappa shape index (κ2) is 7.25. The Morgan fingerprint density at radius 3 is 2.50 bits per heavy atom. The highest BCUT2D eigenvalue weighted by molar-refractivity contribution is 6.37. The number of anilines is 3. The number of hydrogen-bond acceptors (Lipinski definition) is 4. The van der Waals surface area contributed by atoms with Gasteiger partial charge in [-0.3, -0.25) is 4.79 Å². The fraction of sp³-hybridized carbons (Fsp3) is 0. The average Bonchev–Trinajstić information content (AvgIpc) is 3.41. The Balaban J connectivity index is 1.60. The summed E-state index contributed by atoms with van der Waals surface area (Å²) in [7, 11) is 0. The number of nitrogens with two attached hydrogens (primary N) is 1. The van der Waals surface area contributed by atoms with Crippen molar-refractivity contribution in [1.82, 2.24) is 9.97 Å². The van der Waals surface area contributed by atoms with E-state index >= 15 is 0 Å². The molecule has 1 aliphatic rings. The van der Waals surface area contributed by atoms with Crippen LogP contribution in [0.2, 0.25) is 0 Å². The Hall–Kier alpha value is -4.32. The molecule has 0 bridgehead atoms. The van der Waals surface area contributed by atoms with Crippen molar-refractivity contribution in [3.8, 4) is 11.3 Å². The van der Waals surface area contributed by atoms with E-state index in [0.29, 0.717) is 11.3 Å². The van der Waals surface area contributed by atoms with Crippen molar-refractivity contribution in [3.63, 3.8) is 0 Å². The van der Waals surface area contributed by atoms with Crippen LogP contribution in [-0.4, -0.2) is 15.9 Å². The molecule has 0 spiro atoms. The first-order chi connectivity index (χ1) is 14.7. The quantitative estimate of drug-likeness (QED) is 0.301. The molecule has 2 heterocycles. The summed E-state index contributed by atoms with van der Waals surface area (Å²) in [6.07, 6.45) is 3.51. The normalized spacial score (nSPS) is 14.2. The molecule has 5 rings (SSSR count). The van der Waals surface area contributed by atoms with Gasteiger partial charge in [0.05, 0.1) is 23.3 Å². The first-order valence-corrected chi connectivity index (χ1v) is 9.56. The van der Waals surface area contributed by atoms with E-state index in [1.807, 2.05) is 72.9 Å². The Kier molecular flexibility index (Phi) is 4.29. The third-order valence-corrected chi connectivity index (χ3v) is 5.05. The van der Waals surface area contributed by atoms with E-state index in [1.165, 1.54) is 0 Å². The number of nitrogens with one attached hydrogen (secondary N) is 3. The van der Waals surface area contributed by atoms with Crippen LogP contribution in [0.3, 0.4) is 0 Å². The van der Waals surface area contributed by atoms with Crippen molar-refractivity contribution in [2.75, 3.05) is 16.4 Å². The van der Waals surface area contributed by atoms with Gasteiger partial charge >= 0.3 is 0 Å². The summed E-state index contributed by atoms with van der Waals surface area (Å²) in [4.78, 5) is 20.1. The average molecular weight is 393 g/mol. The summed E-state index contributed by atoms with van der Waals surface area (Å²) in [5, 5.41) is 6.38. The van der Waals surface area contributed by atoms with Gasteiger partial charge in [0.2, 0.25) is 0 Å². The first-order valence-electron chi connectivity index (χ1n) is 9.56. The van der Waals surface area contributed by atoms with E-state index in [4.69, 9.17) is 5.73 Å². The zero-order chi connectivity index (χ0) is 20.5. The maximum absolute atomic E-state index is 12.9. The monoisotopic (exact) mass is 393 g/mol. The first kappa shape index (κ1) is 17.8. The lowest BCUT2D eigenvalue weighted by Crippen LogP contribution is -2.10. The second-order valence-electron chi connectivity index (χ2n) is 7.03. The van der Waals surface area contributed by atoms with Crippen molar-refractivity contribution < 1.29 is 4.79 Å². The van der Waals surface area contributed by atoms with E-state index in [0.717, 1.165) is 39.5 Å². The summed E-state index contributed by atoms with van der Waals surface area (Å²) < 4.78 is 0. The summed E-state index contributed by atoms with van der Waals surface area (Å²) in [6, 6.07) is 23.2. The summed E-state index contributed by atoms with van der Waals surface area (Å²) in [5.74, 6) is -0.157. The number of aromatic amines is 1. The van der Waals surface area contributed by atoms with Gasteiger partial charge in [-0.25, -0.2) is 4.98 Å². The maximum Gasteiger partial charge on any atom is 0.258 e. The molecule has 0 unspecified atom stereocenters. The highest BCUT2D eigenvalue weighted by Gasteiger charge is 2.28. The smallest absolute Gasteiger partial charge is 0.258 e. The fourth-order valence-electron chi connectivity index (χ4n) is 3.60. The molecule has 0 atom stereocenters. The molecule has 1 amide bonds. The van der Waals surface area contributed by atoms with E-state index in [-0.39, 0.29) is 5.91 Å². The lowest BCUT2D eigenvalue weighted by atomic mass is 9.99. The van der Waals surface area contributed by atoms with Crippen LogP contribution in [0.1, 0.15) is 11.1 Å². The van der Waals surface area contributed by atoms with Crippen LogP contribution < -0.4 is 16.4 Å². The number of carbonyl (C=O) groups is 1. The molecule has 5 N–H and O–H groups in total. The van der Waals surface area contributed by atoms with Crippen molar-refractivity contribution in [2.24, 2.45) is 0 Å². The topological polar surface area (TPSA) is 95.8 Å². The molecule has 6 nitrogen and oxygen atoms in total. The van der Waals surface area contributed by atoms with Gasteiger partial charge in [-0.2, -0.15) is 0 Å². The largest absolute Gasteiger partial charge is 0.399 e. The highest BCUT2D eigenvalue weighted by atomic mass is 16.2. The molecule has 30 heavy (non-hydrogen) atoms. The maximum atomic E-state index is 12.9. The Bertz CT molecular complexity index is 1240. The van der Waals surface area contributed by atoms with Crippen molar-refractivity contribution in [3.05, 3.63) is 96.4 Å². The van der Waals surface area contributed by atoms with E-state index < -0.39 is 0 Å². The van der Waals surface area contributed by atoms with E-state index in [1.54, 1.807) is 12.4 Å². The van der Waals surface area contributed by atoms with Gasteiger partial charge in [0.25, 0.3) is 5.91 Å². The van der Waals surface area contributed by atoms with Gasteiger partial charge in [-0.15, -0.1) is 0 Å². The van der Waals surface area contributed by atoms with Crippen LogP contribution in [0, 0.1) is 0 Å². The zero-order valence-corrected chi connectivity index (χ0v) is 16.0. The second-order valence-corrected chi connectivity index (χ2v) is 7.03. The molecule has 0 fully saturated rings. The van der Waals surface area contributed by atoms with E-state index in [2.05, 4.69) is 20.6 Å². The minimum absolute atomic E-state index is 0.157. The van der Waals surface area contributed by atoms with Crippen molar-refractivity contribution in [2.45, 2.75) is 0 Å². The Labute approximate surface area is 173 Å². The predicted octanol–water partition coefficient (Wildman–Crippen LogP) is 4.59. The minimum atomic E-state index is -0.157. The van der Waals surface area contributed by atoms with Crippen LogP contribution in [0.5, 0.6) is 0 Å². The molecule has 4 aromatic rings. The number of nitrogen functional groups attached to an aromatic ring is 1. The molecule has 0 saturated carbocycles. The summed E-state index contributed by atoms with van der Waals surface area (Å²) >= 11 is 0. The number of aromatic nitrogens is 2. The minimum Gasteiger partial charge on any atom is -0.399 e. The molecular weight excluding hydrogens is 374 g/mol. The van der Waals surface area contributed by atoms with Crippen LogP contribution in [0.4, 0.5) is 17.1 Å². The number of nitrogens with zero attached hydrogens (tertiary/aromatic N) is 1. The number of hydrogen-bond donors (Lipinski definition) is 4. The number of H-pyrrole nitrogens is 1. The van der Waals surface area contributed by atoms with Crippen molar-refractivity contribution >= 4 is 34.2 Å². The van der Waals surface area contributed by atoms with Gasteiger partial charge in [-0.05, 0) is 35.9 Å². The fourth-order valence-corrected chi connectivity index (χ4v) is 3.60. The Morgan fingerprint density at radius 1 is 0.967 bits per heavy atom. The lowest BCUT2D eigenvalue weighted by Gasteiger charge is -2.15. The van der Waals surface area contributed by atoms with Crippen molar-refractivity contribution in [1.29, 1.82) is 0 Å². The molecule has 0 saturated heterocycles. The van der Waals surface area contributed by atoms with Gasteiger partial charge in [0.15, 0.2) is 0 Å². The molecule has 1 aliphatic heterocycles. The summed E-state index contributed by atoms with van der Waals surface area (Å²) in [5.41, 5.74) is 13.1. The lowest BCUT2D eigenvalue weighted by molar-refractivity contribution is -0.110. The van der Waals surface area contributed by atoms with Crippen LogP contribution in [0.25, 0.3) is 22.5 Å². The predicted molar refractivity (Wildman–Crippen MR) is 120 cm³/mol. The van der Waals surface area contributed by atoms with Gasteiger partial charge < -0.3 is 21.4 Å². The molecule has 1 aromatic heterocycles. The van der Waals surface area contributed by atoms with Gasteiger partial charge in [0, 0.05) is 34.4 Å². The van der Waals surface area contributed by atoms with E-state index in [9.17, 15) is 4.79 Å². The van der Waals surface area contributed by atoms with Gasteiger partial charge in [-0.1, -0.05) is 42.5 Å². The SMILES string of the molecule is Nc1ccc2c(c1)C(=C(Nc1ccc(-c3c[nH]cn3)cc1)c1ccccc1)C(=O)N2. The number of imidazole rings is 1.